The van der Waals surface area contributed by atoms with E-state index < -0.39 is 45.1 Å². The van der Waals surface area contributed by atoms with Gasteiger partial charge in [0.1, 0.15) is 24.0 Å². The summed E-state index contributed by atoms with van der Waals surface area (Å²) in [5.41, 5.74) is 0.458. The number of pyridine rings is 1. The zero-order valence-electron chi connectivity index (χ0n) is 29.7. The molecule has 2 aromatic carbocycles. The number of ether oxygens (including phenoxy) is 1. The van der Waals surface area contributed by atoms with Crippen LogP contribution >= 0.6 is 0 Å². The molecule has 4 atom stereocenters. The average molecular weight is 742 g/mol. The van der Waals surface area contributed by atoms with Crippen molar-refractivity contribution in [2.24, 2.45) is 17.8 Å². The number of alkyl halides is 3. The Morgan fingerprint density at radius 2 is 1.85 bits per heavy atom. The summed E-state index contributed by atoms with van der Waals surface area (Å²) >= 11 is 0. The molecule has 2 aliphatic rings. The first-order valence-corrected chi connectivity index (χ1v) is 18.9. The fraction of sp³-hybridized carbons (Fsp3) is 0.474. The molecule has 0 aliphatic heterocycles. The number of carbonyl (C=O) groups is 1. The SMILES string of the molecule is CC(C)S(=O)(=O)N(C)c1cc(C(=O)N[C@@H](COc2cccc(C#CC3CC3)c2)[C@H](O)CNCc2cccc(C(F)(F)F)c2)cc(NC[C@H]2C[C@@H]2C)n1. The summed E-state index contributed by atoms with van der Waals surface area (Å²) in [5, 5.41) is 19.6. The minimum atomic E-state index is -4.49. The van der Waals surface area contributed by atoms with Crippen molar-refractivity contribution < 1.29 is 36.2 Å². The van der Waals surface area contributed by atoms with Crippen LogP contribution in [0.15, 0.2) is 60.7 Å². The number of hydrogen-bond acceptors (Lipinski definition) is 8. The Morgan fingerprint density at radius 3 is 2.52 bits per heavy atom. The van der Waals surface area contributed by atoms with Crippen LogP contribution in [0.5, 0.6) is 5.75 Å². The van der Waals surface area contributed by atoms with Crippen LogP contribution in [0.25, 0.3) is 0 Å². The molecule has 0 spiro atoms. The van der Waals surface area contributed by atoms with Gasteiger partial charge in [0, 0.05) is 43.7 Å². The van der Waals surface area contributed by atoms with Gasteiger partial charge >= 0.3 is 6.18 Å². The van der Waals surface area contributed by atoms with Crippen LogP contribution in [0.3, 0.4) is 0 Å². The lowest BCUT2D eigenvalue weighted by atomic mass is 10.1. The Morgan fingerprint density at radius 1 is 1.12 bits per heavy atom. The van der Waals surface area contributed by atoms with Crippen molar-refractivity contribution >= 4 is 27.6 Å². The summed E-state index contributed by atoms with van der Waals surface area (Å²) in [6.45, 7) is 5.62. The van der Waals surface area contributed by atoms with Crippen molar-refractivity contribution in [3.63, 3.8) is 0 Å². The molecule has 52 heavy (non-hydrogen) atoms. The number of anilines is 2. The fourth-order valence-electron chi connectivity index (χ4n) is 5.39. The predicted octanol–water partition coefficient (Wildman–Crippen LogP) is 5.43. The van der Waals surface area contributed by atoms with Crippen LogP contribution in [0.1, 0.15) is 67.1 Å². The van der Waals surface area contributed by atoms with Crippen molar-refractivity contribution in [1.82, 2.24) is 15.6 Å². The second-order valence-corrected chi connectivity index (χ2v) is 16.4. The van der Waals surface area contributed by atoms with Gasteiger partial charge in [-0.1, -0.05) is 43.0 Å². The molecule has 0 radical (unpaired) electrons. The maximum absolute atomic E-state index is 13.9. The highest BCUT2D eigenvalue weighted by Crippen LogP contribution is 2.37. The topological polar surface area (TPSA) is 133 Å². The van der Waals surface area contributed by atoms with Crippen molar-refractivity contribution in [2.45, 2.75) is 70.2 Å². The van der Waals surface area contributed by atoms with Crippen molar-refractivity contribution in [2.75, 3.05) is 36.4 Å². The van der Waals surface area contributed by atoms with Crippen molar-refractivity contribution in [1.29, 1.82) is 0 Å². The molecule has 0 saturated heterocycles. The highest BCUT2D eigenvalue weighted by atomic mass is 32.2. The monoisotopic (exact) mass is 741 g/mol. The van der Waals surface area contributed by atoms with Gasteiger partial charge in [-0.25, -0.2) is 13.4 Å². The predicted molar refractivity (Wildman–Crippen MR) is 194 cm³/mol. The maximum atomic E-state index is 13.9. The molecule has 1 heterocycles. The Hall–Kier alpha value is -4.32. The van der Waals surface area contributed by atoms with Crippen LogP contribution in [-0.2, 0) is 22.7 Å². The summed E-state index contributed by atoms with van der Waals surface area (Å²) in [6.07, 6.45) is -2.50. The molecule has 2 fully saturated rings. The van der Waals surface area contributed by atoms with E-state index in [0.717, 1.165) is 41.3 Å². The first-order chi connectivity index (χ1) is 24.6. The lowest BCUT2D eigenvalue weighted by Crippen LogP contribution is -2.50. The van der Waals surface area contributed by atoms with Crippen LogP contribution < -0.4 is 25.0 Å². The third kappa shape index (κ3) is 10.8. The van der Waals surface area contributed by atoms with Gasteiger partial charge in [0.2, 0.25) is 10.0 Å². The van der Waals surface area contributed by atoms with Crippen molar-refractivity contribution in [3.05, 3.63) is 82.9 Å². The number of nitrogens with zero attached hydrogens (tertiary/aromatic N) is 2. The summed E-state index contributed by atoms with van der Waals surface area (Å²) < 4.78 is 72.9. The molecule has 1 amide bonds. The number of aliphatic hydroxyl groups excluding tert-OH is 1. The van der Waals surface area contributed by atoms with Gasteiger partial charge in [0.15, 0.2) is 0 Å². The highest BCUT2D eigenvalue weighted by Gasteiger charge is 2.33. The molecule has 14 heteroatoms. The van der Waals surface area contributed by atoms with E-state index in [1.165, 1.54) is 25.2 Å². The number of halogens is 3. The van der Waals surface area contributed by atoms with Gasteiger partial charge in [-0.3, -0.25) is 9.10 Å². The third-order valence-electron chi connectivity index (χ3n) is 9.18. The number of sulfonamides is 1. The summed E-state index contributed by atoms with van der Waals surface area (Å²) in [7, 11) is -2.39. The minimum absolute atomic E-state index is 0.0310. The van der Waals surface area contributed by atoms with E-state index >= 15 is 0 Å². The van der Waals surface area contributed by atoms with Crippen LogP contribution in [0.2, 0.25) is 0 Å². The van der Waals surface area contributed by atoms with Gasteiger partial charge in [-0.15, -0.1) is 0 Å². The summed E-state index contributed by atoms with van der Waals surface area (Å²) in [5.74, 6) is 7.98. The lowest BCUT2D eigenvalue weighted by Gasteiger charge is -2.26. The van der Waals surface area contributed by atoms with Gasteiger partial charge in [-0.05, 0) is 86.9 Å². The molecule has 0 bridgehead atoms. The van der Waals surface area contributed by atoms with E-state index in [1.54, 1.807) is 38.1 Å². The average Bonchev–Trinajstić information content (AvgIpc) is 4.05. The summed E-state index contributed by atoms with van der Waals surface area (Å²) in [4.78, 5) is 18.4. The van der Waals surface area contributed by atoms with Crippen LogP contribution in [0.4, 0.5) is 24.8 Å². The normalized spacial score (nSPS) is 18.2. The van der Waals surface area contributed by atoms with E-state index in [0.29, 0.717) is 41.4 Å². The smallest absolute Gasteiger partial charge is 0.416 e. The second-order valence-electron chi connectivity index (χ2n) is 13.9. The van der Waals surface area contributed by atoms with Crippen molar-refractivity contribution in [3.8, 4) is 17.6 Å². The van der Waals surface area contributed by atoms with Gasteiger partial charge in [0.25, 0.3) is 5.91 Å². The van der Waals surface area contributed by atoms with Gasteiger partial charge in [-0.2, -0.15) is 13.2 Å². The first kappa shape index (κ1) is 38.9. The number of nitrogens with one attached hydrogen (secondary N) is 3. The number of rotatable bonds is 16. The zero-order chi connectivity index (χ0) is 37.6. The largest absolute Gasteiger partial charge is 0.491 e. The standard InChI is InChI=1S/C38H46F3N5O5S/c1-24(2)52(49,50)46(4)36-19-29(18-35(45-36)43-21-30-15-25(30)3)37(48)44-33(23-51-32-10-6-7-27(17-32)14-13-26-11-12-26)34(47)22-42-20-28-8-5-9-31(16-28)38(39,40)41/h5-10,16-19,24-26,30,33-34,42,47H,11-12,15,20-23H2,1-4H3,(H,43,45)(H,44,48)/t25-,30+,33-,34+/m0/s1. The first-order valence-electron chi connectivity index (χ1n) is 17.4. The molecule has 4 N–H and O–H groups in total. The molecule has 2 aliphatic carbocycles. The molecule has 10 nitrogen and oxygen atoms in total. The number of aromatic nitrogens is 1. The fourth-order valence-corrected chi connectivity index (χ4v) is 6.38. The minimum Gasteiger partial charge on any atom is -0.491 e. The number of amides is 1. The van der Waals surface area contributed by atoms with E-state index in [9.17, 15) is 31.5 Å². The number of benzene rings is 2. The molecule has 2 saturated carbocycles. The molecule has 5 rings (SSSR count). The second kappa shape index (κ2) is 16.6. The van der Waals surface area contributed by atoms with Crippen LogP contribution in [-0.4, -0.2) is 68.6 Å². The molecule has 280 valence electrons. The Bertz CT molecular complexity index is 1890. The molecule has 0 unspecified atom stereocenters. The Balaban J connectivity index is 1.35. The molecule has 1 aromatic heterocycles. The van der Waals surface area contributed by atoms with Gasteiger partial charge < -0.3 is 25.8 Å². The number of aliphatic hydroxyl groups is 1. The Labute approximate surface area is 303 Å². The quantitative estimate of drug-likeness (QED) is 0.143. The molecular formula is C38H46F3N5O5S. The number of carbonyl (C=O) groups excluding carboxylic acids is 1. The highest BCUT2D eigenvalue weighted by molar-refractivity contribution is 7.93. The lowest BCUT2D eigenvalue weighted by molar-refractivity contribution is -0.137. The van der Waals surface area contributed by atoms with E-state index in [2.05, 4.69) is 39.7 Å². The zero-order valence-corrected chi connectivity index (χ0v) is 30.5. The van der Waals surface area contributed by atoms with E-state index in [4.69, 9.17) is 4.74 Å². The summed E-state index contributed by atoms with van der Waals surface area (Å²) in [6, 6.07) is 13.9. The molecular weight excluding hydrogens is 696 g/mol. The van der Waals surface area contributed by atoms with Crippen LogP contribution in [0, 0.1) is 29.6 Å². The number of hydrogen-bond donors (Lipinski definition) is 4. The Kier molecular flexibility index (Phi) is 12.4. The third-order valence-corrected chi connectivity index (χ3v) is 11.3. The maximum Gasteiger partial charge on any atom is 0.416 e. The molecule has 3 aromatic rings. The van der Waals surface area contributed by atoms with E-state index in [1.807, 2.05) is 6.07 Å². The van der Waals surface area contributed by atoms with E-state index in [-0.39, 0.29) is 31.1 Å². The van der Waals surface area contributed by atoms with Gasteiger partial charge in [0.05, 0.1) is 23.0 Å².